The van der Waals surface area contributed by atoms with Gasteiger partial charge in [-0.05, 0) is 51.0 Å². The molecule has 2 aromatic rings. The van der Waals surface area contributed by atoms with Gasteiger partial charge in [-0.25, -0.2) is 0 Å². The molecule has 0 atom stereocenters. The van der Waals surface area contributed by atoms with Crippen LogP contribution in [0, 0.1) is 13.8 Å². The molecule has 6 nitrogen and oxygen atoms in total. The Morgan fingerprint density at radius 3 is 2.43 bits per heavy atom. The standard InChI is InChI=1S/C22H29N3O3/c1-14-12-19(15(2)25(14)18-8-6-5-7-9-18)22(27)24-17-10-11-21(28-4)20(13-17)23-16(3)26/h10-13,18H,5-9H2,1-4H3,(H,23,26)(H,24,27). The summed E-state index contributed by atoms with van der Waals surface area (Å²) in [6, 6.07) is 7.66. The van der Waals surface area contributed by atoms with Crippen molar-refractivity contribution in [3.05, 3.63) is 41.2 Å². The highest BCUT2D eigenvalue weighted by Gasteiger charge is 2.22. The summed E-state index contributed by atoms with van der Waals surface area (Å²) in [6.07, 6.45) is 6.16. The van der Waals surface area contributed by atoms with Gasteiger partial charge in [-0.15, -0.1) is 0 Å². The van der Waals surface area contributed by atoms with Crippen LogP contribution in [0.5, 0.6) is 5.75 Å². The second-order valence-corrected chi connectivity index (χ2v) is 7.50. The van der Waals surface area contributed by atoms with Gasteiger partial charge in [0.15, 0.2) is 0 Å². The first kappa shape index (κ1) is 20.0. The van der Waals surface area contributed by atoms with Crippen molar-refractivity contribution in [2.45, 2.75) is 58.9 Å². The maximum Gasteiger partial charge on any atom is 0.257 e. The Hall–Kier alpha value is -2.76. The van der Waals surface area contributed by atoms with E-state index in [0.29, 0.717) is 28.7 Å². The SMILES string of the molecule is COc1ccc(NC(=O)c2cc(C)n(C3CCCCC3)c2C)cc1NC(C)=O. The lowest BCUT2D eigenvalue weighted by Crippen LogP contribution is -2.17. The number of methoxy groups -OCH3 is 1. The first-order valence-corrected chi connectivity index (χ1v) is 9.86. The minimum atomic E-state index is -0.196. The number of hydrogen-bond donors (Lipinski definition) is 2. The predicted octanol–water partition coefficient (Wildman–Crippen LogP) is 4.83. The summed E-state index contributed by atoms with van der Waals surface area (Å²) in [4.78, 5) is 24.3. The summed E-state index contributed by atoms with van der Waals surface area (Å²) >= 11 is 0. The van der Waals surface area contributed by atoms with Crippen molar-refractivity contribution in [2.75, 3.05) is 17.7 Å². The fourth-order valence-corrected chi connectivity index (χ4v) is 4.18. The molecule has 6 heteroatoms. The van der Waals surface area contributed by atoms with Crippen LogP contribution in [0.1, 0.15) is 66.8 Å². The number of hydrogen-bond acceptors (Lipinski definition) is 3. The summed E-state index contributed by atoms with van der Waals surface area (Å²) < 4.78 is 7.59. The van der Waals surface area contributed by atoms with Crippen LogP contribution >= 0.6 is 0 Å². The van der Waals surface area contributed by atoms with E-state index in [4.69, 9.17) is 4.74 Å². The third kappa shape index (κ3) is 4.21. The lowest BCUT2D eigenvalue weighted by atomic mass is 9.95. The third-order valence-corrected chi connectivity index (χ3v) is 5.44. The molecule has 0 aliphatic heterocycles. The minimum absolute atomic E-state index is 0.144. The van der Waals surface area contributed by atoms with Crippen LogP contribution in [-0.4, -0.2) is 23.5 Å². The summed E-state index contributed by atoms with van der Waals surface area (Å²) in [5, 5.41) is 5.67. The van der Waals surface area contributed by atoms with Crippen LogP contribution < -0.4 is 15.4 Å². The fraction of sp³-hybridized carbons (Fsp3) is 0.455. The molecule has 0 bridgehead atoms. The van der Waals surface area contributed by atoms with Crippen LogP contribution in [0.25, 0.3) is 0 Å². The maximum atomic E-state index is 12.9. The first-order valence-electron chi connectivity index (χ1n) is 9.86. The van der Waals surface area contributed by atoms with E-state index in [0.717, 1.165) is 11.4 Å². The largest absolute Gasteiger partial charge is 0.495 e. The number of benzene rings is 1. The van der Waals surface area contributed by atoms with Crippen LogP contribution in [-0.2, 0) is 4.79 Å². The highest BCUT2D eigenvalue weighted by Crippen LogP contribution is 2.33. The zero-order chi connectivity index (χ0) is 20.3. The number of ether oxygens (including phenoxy) is 1. The van der Waals surface area contributed by atoms with E-state index in [1.54, 1.807) is 25.3 Å². The second kappa shape index (κ2) is 8.50. The molecule has 0 spiro atoms. The Balaban J connectivity index is 1.82. The summed E-state index contributed by atoms with van der Waals surface area (Å²) in [5.41, 5.74) is 3.97. The van der Waals surface area contributed by atoms with E-state index in [1.807, 2.05) is 13.0 Å². The number of amides is 2. The number of aromatic nitrogens is 1. The summed E-state index contributed by atoms with van der Waals surface area (Å²) in [6.45, 7) is 5.53. The molecule has 0 saturated heterocycles. The first-order chi connectivity index (χ1) is 13.4. The number of anilines is 2. The number of carbonyl (C=O) groups excluding carboxylic acids is 2. The van der Waals surface area contributed by atoms with Gasteiger partial charge in [0.25, 0.3) is 5.91 Å². The number of rotatable bonds is 5. The van der Waals surface area contributed by atoms with Gasteiger partial charge < -0.3 is 19.9 Å². The number of aryl methyl sites for hydroxylation is 1. The van der Waals surface area contributed by atoms with Gasteiger partial charge in [0, 0.05) is 30.0 Å². The normalized spacial score (nSPS) is 14.6. The third-order valence-electron chi connectivity index (χ3n) is 5.44. The molecule has 150 valence electrons. The minimum Gasteiger partial charge on any atom is -0.495 e. The Labute approximate surface area is 166 Å². The molecule has 28 heavy (non-hydrogen) atoms. The van der Waals surface area contributed by atoms with E-state index < -0.39 is 0 Å². The van der Waals surface area contributed by atoms with E-state index in [-0.39, 0.29) is 11.8 Å². The highest BCUT2D eigenvalue weighted by molar-refractivity contribution is 6.06. The molecule has 1 aromatic carbocycles. The quantitative estimate of drug-likeness (QED) is 0.777. The van der Waals surface area contributed by atoms with E-state index in [1.165, 1.54) is 39.0 Å². The van der Waals surface area contributed by atoms with Gasteiger partial charge in [-0.3, -0.25) is 9.59 Å². The van der Waals surface area contributed by atoms with Crippen LogP contribution in [0.2, 0.25) is 0 Å². The van der Waals surface area contributed by atoms with E-state index >= 15 is 0 Å². The molecular formula is C22H29N3O3. The molecule has 0 radical (unpaired) electrons. The lowest BCUT2D eigenvalue weighted by Gasteiger charge is -2.26. The molecule has 1 aliphatic rings. The lowest BCUT2D eigenvalue weighted by molar-refractivity contribution is -0.114. The molecule has 1 fully saturated rings. The van der Waals surface area contributed by atoms with Crippen molar-refractivity contribution >= 4 is 23.2 Å². The molecule has 1 heterocycles. The molecule has 2 amide bonds. The van der Waals surface area contributed by atoms with Gasteiger partial charge in [-0.2, -0.15) is 0 Å². The fourth-order valence-electron chi connectivity index (χ4n) is 4.18. The Kier molecular flexibility index (Phi) is 6.07. The topological polar surface area (TPSA) is 72.4 Å². The summed E-state index contributed by atoms with van der Waals surface area (Å²) in [5.74, 6) is 0.204. The Morgan fingerprint density at radius 1 is 1.07 bits per heavy atom. The molecule has 1 saturated carbocycles. The van der Waals surface area contributed by atoms with Crippen molar-refractivity contribution in [1.82, 2.24) is 4.57 Å². The molecule has 0 unspecified atom stereocenters. The van der Waals surface area contributed by atoms with E-state index in [2.05, 4.69) is 22.1 Å². The predicted molar refractivity (Wildman–Crippen MR) is 111 cm³/mol. The molecule has 2 N–H and O–H groups in total. The summed E-state index contributed by atoms with van der Waals surface area (Å²) in [7, 11) is 1.54. The molecule has 1 aromatic heterocycles. The van der Waals surface area contributed by atoms with Crippen LogP contribution in [0.15, 0.2) is 24.3 Å². The number of nitrogens with zero attached hydrogens (tertiary/aromatic N) is 1. The highest BCUT2D eigenvalue weighted by atomic mass is 16.5. The zero-order valence-electron chi connectivity index (χ0n) is 17.1. The van der Waals surface area contributed by atoms with Crippen molar-refractivity contribution in [1.29, 1.82) is 0 Å². The van der Waals surface area contributed by atoms with Gasteiger partial charge in [-0.1, -0.05) is 19.3 Å². The molecule has 1 aliphatic carbocycles. The van der Waals surface area contributed by atoms with Gasteiger partial charge in [0.1, 0.15) is 5.75 Å². The van der Waals surface area contributed by atoms with Crippen molar-refractivity contribution < 1.29 is 14.3 Å². The van der Waals surface area contributed by atoms with Crippen LogP contribution in [0.4, 0.5) is 11.4 Å². The number of nitrogens with one attached hydrogen (secondary N) is 2. The maximum absolute atomic E-state index is 12.9. The zero-order valence-corrected chi connectivity index (χ0v) is 17.1. The van der Waals surface area contributed by atoms with E-state index in [9.17, 15) is 9.59 Å². The second-order valence-electron chi connectivity index (χ2n) is 7.50. The van der Waals surface area contributed by atoms with Crippen molar-refractivity contribution in [3.63, 3.8) is 0 Å². The van der Waals surface area contributed by atoms with Crippen molar-refractivity contribution in [2.24, 2.45) is 0 Å². The van der Waals surface area contributed by atoms with Gasteiger partial charge >= 0.3 is 0 Å². The van der Waals surface area contributed by atoms with Crippen LogP contribution in [0.3, 0.4) is 0 Å². The Bertz CT molecular complexity index is 879. The molecule has 3 rings (SSSR count). The number of carbonyl (C=O) groups is 2. The average molecular weight is 383 g/mol. The average Bonchev–Trinajstić information content (AvgIpc) is 2.96. The monoisotopic (exact) mass is 383 g/mol. The van der Waals surface area contributed by atoms with Gasteiger partial charge in [0.2, 0.25) is 5.91 Å². The Morgan fingerprint density at radius 2 is 1.79 bits per heavy atom. The molecular weight excluding hydrogens is 354 g/mol. The van der Waals surface area contributed by atoms with Gasteiger partial charge in [0.05, 0.1) is 18.4 Å². The smallest absolute Gasteiger partial charge is 0.257 e. The van der Waals surface area contributed by atoms with Crippen molar-refractivity contribution in [3.8, 4) is 5.75 Å².